The van der Waals surface area contributed by atoms with Gasteiger partial charge in [0.1, 0.15) is 12.4 Å². The molecule has 0 fully saturated rings. The highest BCUT2D eigenvalue weighted by Crippen LogP contribution is 2.32. The summed E-state index contributed by atoms with van der Waals surface area (Å²) in [5, 5.41) is 0. The molecule has 144 valence electrons. The number of ether oxygens (including phenoxy) is 2. The number of hydrogen-bond acceptors (Lipinski definition) is 4. The van der Waals surface area contributed by atoms with Gasteiger partial charge in [0.05, 0.1) is 17.8 Å². The van der Waals surface area contributed by atoms with Crippen LogP contribution in [0.1, 0.15) is 33.3 Å². The molecule has 0 atom stereocenters. The average Bonchev–Trinajstić information content (AvgIpc) is 2.84. The number of carbonyl (C=O) groups excluding carboxylic acids is 2. The zero-order chi connectivity index (χ0) is 20.0. The Kier molecular flexibility index (Phi) is 6.99. The Hall–Kier alpha value is -2.82. The smallest absolute Gasteiger partial charge is 0.340 e. The normalized spacial score (nSPS) is 15.7. The summed E-state index contributed by atoms with van der Waals surface area (Å²) in [7, 11) is 0. The van der Waals surface area contributed by atoms with Crippen LogP contribution >= 0.6 is 0 Å². The van der Waals surface area contributed by atoms with Crippen LogP contribution in [0.15, 0.2) is 53.8 Å². The number of allylic oxidation sites excluding steroid dienone is 1. The van der Waals surface area contributed by atoms with Crippen LogP contribution in [0.3, 0.4) is 0 Å². The van der Waals surface area contributed by atoms with Crippen LogP contribution < -0.4 is 4.74 Å². The highest BCUT2D eigenvalue weighted by atomic mass is 16.5. The highest BCUT2D eigenvalue weighted by molar-refractivity contribution is 6.16. The Balaban J connectivity index is 2.45. The van der Waals surface area contributed by atoms with Crippen molar-refractivity contribution in [1.29, 1.82) is 0 Å². The Morgan fingerprint density at radius 1 is 1.33 bits per heavy atom. The minimum absolute atomic E-state index is 0.179. The van der Waals surface area contributed by atoms with Crippen molar-refractivity contribution in [2.24, 2.45) is 5.92 Å². The van der Waals surface area contributed by atoms with Crippen molar-refractivity contribution in [2.75, 3.05) is 19.8 Å². The van der Waals surface area contributed by atoms with E-state index >= 15 is 0 Å². The SMILES string of the molecule is C=CCOc1cccc(/C=C2\C(=O)N(CC(C)C)C(C)=C2C(=O)OCC)c1. The molecule has 0 saturated heterocycles. The van der Waals surface area contributed by atoms with Gasteiger partial charge >= 0.3 is 5.97 Å². The molecule has 0 radical (unpaired) electrons. The lowest BCUT2D eigenvalue weighted by molar-refractivity contribution is -0.138. The van der Waals surface area contributed by atoms with E-state index in [1.54, 1.807) is 30.9 Å². The molecule has 5 nitrogen and oxygen atoms in total. The maximum Gasteiger partial charge on any atom is 0.340 e. The first kappa shape index (κ1) is 20.5. The second-order valence-corrected chi connectivity index (χ2v) is 6.72. The van der Waals surface area contributed by atoms with Crippen molar-refractivity contribution in [3.05, 3.63) is 59.3 Å². The molecule has 5 heteroatoms. The first-order chi connectivity index (χ1) is 12.9. The Morgan fingerprint density at radius 3 is 2.70 bits per heavy atom. The lowest BCUT2D eigenvalue weighted by Crippen LogP contribution is -2.28. The molecule has 27 heavy (non-hydrogen) atoms. The summed E-state index contributed by atoms with van der Waals surface area (Å²) < 4.78 is 10.7. The summed E-state index contributed by atoms with van der Waals surface area (Å²) in [5.41, 5.74) is 2.10. The molecule has 1 heterocycles. The average molecular weight is 369 g/mol. The van der Waals surface area contributed by atoms with E-state index in [1.807, 2.05) is 38.1 Å². The largest absolute Gasteiger partial charge is 0.490 e. The fourth-order valence-corrected chi connectivity index (χ4v) is 2.93. The van der Waals surface area contributed by atoms with E-state index in [1.165, 1.54) is 0 Å². The summed E-state index contributed by atoms with van der Waals surface area (Å²) in [6.45, 7) is 12.4. The van der Waals surface area contributed by atoms with E-state index in [9.17, 15) is 9.59 Å². The topological polar surface area (TPSA) is 55.8 Å². The van der Waals surface area contributed by atoms with Gasteiger partial charge < -0.3 is 14.4 Å². The molecule has 0 unspecified atom stereocenters. The fourth-order valence-electron chi connectivity index (χ4n) is 2.93. The monoisotopic (exact) mass is 369 g/mol. The number of hydrogen-bond donors (Lipinski definition) is 0. The Bertz CT molecular complexity index is 789. The van der Waals surface area contributed by atoms with Gasteiger partial charge in [0, 0.05) is 12.2 Å². The third-order valence-electron chi connectivity index (χ3n) is 4.08. The van der Waals surface area contributed by atoms with Gasteiger partial charge in [0.2, 0.25) is 0 Å². The van der Waals surface area contributed by atoms with Gasteiger partial charge in [-0.15, -0.1) is 0 Å². The van der Waals surface area contributed by atoms with E-state index in [0.29, 0.717) is 35.7 Å². The van der Waals surface area contributed by atoms with Gasteiger partial charge in [-0.2, -0.15) is 0 Å². The van der Waals surface area contributed by atoms with E-state index in [2.05, 4.69) is 6.58 Å². The summed E-state index contributed by atoms with van der Waals surface area (Å²) >= 11 is 0. The Morgan fingerprint density at radius 2 is 2.07 bits per heavy atom. The van der Waals surface area contributed by atoms with Crippen molar-refractivity contribution < 1.29 is 19.1 Å². The fraction of sp³-hybridized carbons (Fsp3) is 0.364. The Labute approximate surface area is 161 Å². The second-order valence-electron chi connectivity index (χ2n) is 6.72. The first-order valence-electron chi connectivity index (χ1n) is 9.14. The molecule has 0 saturated carbocycles. The van der Waals surface area contributed by atoms with E-state index in [4.69, 9.17) is 9.47 Å². The number of carbonyl (C=O) groups is 2. The summed E-state index contributed by atoms with van der Waals surface area (Å²) in [5.74, 6) is 0.302. The molecule has 2 rings (SSSR count). The van der Waals surface area contributed by atoms with Crippen LogP contribution in [0.2, 0.25) is 0 Å². The van der Waals surface area contributed by atoms with E-state index < -0.39 is 5.97 Å². The molecule has 0 aliphatic carbocycles. The van der Waals surface area contributed by atoms with Crippen molar-refractivity contribution in [3.63, 3.8) is 0 Å². The van der Waals surface area contributed by atoms with Crippen molar-refractivity contribution >= 4 is 18.0 Å². The van der Waals surface area contributed by atoms with Crippen LogP contribution in [0.5, 0.6) is 5.75 Å². The number of nitrogens with zero attached hydrogens (tertiary/aromatic N) is 1. The van der Waals surface area contributed by atoms with Crippen molar-refractivity contribution in [2.45, 2.75) is 27.7 Å². The molecular formula is C22H27NO4. The maximum absolute atomic E-state index is 13.0. The number of amides is 1. The molecule has 0 aromatic heterocycles. The van der Waals surface area contributed by atoms with Crippen LogP contribution in [0, 0.1) is 5.92 Å². The molecule has 1 aliphatic heterocycles. The summed E-state index contributed by atoms with van der Waals surface area (Å²) in [4.78, 5) is 27.2. The molecule has 0 bridgehead atoms. The second kappa shape index (κ2) is 9.21. The van der Waals surface area contributed by atoms with Gasteiger partial charge in [-0.05, 0) is 43.5 Å². The number of benzene rings is 1. The molecule has 1 aromatic rings. The van der Waals surface area contributed by atoms with Gasteiger partial charge in [-0.1, -0.05) is 38.6 Å². The van der Waals surface area contributed by atoms with E-state index in [0.717, 1.165) is 5.56 Å². The first-order valence-corrected chi connectivity index (χ1v) is 9.14. The van der Waals surface area contributed by atoms with Crippen LogP contribution in [0.25, 0.3) is 6.08 Å². The predicted octanol–water partition coefficient (Wildman–Crippen LogP) is 3.97. The van der Waals surface area contributed by atoms with Crippen molar-refractivity contribution in [3.8, 4) is 5.75 Å². The zero-order valence-corrected chi connectivity index (χ0v) is 16.5. The van der Waals surface area contributed by atoms with Crippen LogP contribution in [-0.2, 0) is 14.3 Å². The number of esters is 1. The minimum atomic E-state index is -0.472. The standard InChI is InChI=1S/C22H27NO4/c1-6-11-27-18-10-8-9-17(12-18)13-19-20(22(25)26-7-2)16(5)23(21(19)24)14-15(3)4/h6,8-10,12-13,15H,1,7,11,14H2,2-5H3/b19-13-. The lowest BCUT2D eigenvalue weighted by atomic mass is 10.0. The minimum Gasteiger partial charge on any atom is -0.490 e. The predicted molar refractivity (Wildman–Crippen MR) is 106 cm³/mol. The van der Waals surface area contributed by atoms with E-state index in [-0.39, 0.29) is 18.4 Å². The summed E-state index contributed by atoms with van der Waals surface area (Å²) in [6, 6.07) is 7.37. The maximum atomic E-state index is 13.0. The molecule has 0 spiro atoms. The van der Waals surface area contributed by atoms with Gasteiger partial charge in [-0.25, -0.2) is 4.79 Å². The quantitative estimate of drug-likeness (QED) is 0.395. The zero-order valence-electron chi connectivity index (χ0n) is 16.5. The third kappa shape index (κ3) is 4.88. The molecule has 1 amide bonds. The summed E-state index contributed by atoms with van der Waals surface area (Å²) in [6.07, 6.45) is 3.39. The van der Waals surface area contributed by atoms with Crippen molar-refractivity contribution in [1.82, 2.24) is 4.90 Å². The highest BCUT2D eigenvalue weighted by Gasteiger charge is 2.37. The van der Waals surface area contributed by atoms with Gasteiger partial charge in [0.25, 0.3) is 5.91 Å². The lowest BCUT2D eigenvalue weighted by Gasteiger charge is -2.19. The molecule has 0 N–H and O–H groups in total. The molecule has 1 aliphatic rings. The number of rotatable bonds is 8. The van der Waals surface area contributed by atoms with Gasteiger partial charge in [0.15, 0.2) is 0 Å². The molecule has 1 aromatic carbocycles. The van der Waals surface area contributed by atoms with Gasteiger partial charge in [-0.3, -0.25) is 4.79 Å². The van der Waals surface area contributed by atoms with Crippen LogP contribution in [-0.4, -0.2) is 36.5 Å². The third-order valence-corrected chi connectivity index (χ3v) is 4.08. The molecular weight excluding hydrogens is 342 g/mol. The van der Waals surface area contributed by atoms with Crippen LogP contribution in [0.4, 0.5) is 0 Å².